The number of hydrogen-bond donors (Lipinski definition) is 2. The summed E-state index contributed by atoms with van der Waals surface area (Å²) in [5.41, 5.74) is 0. The minimum absolute atomic E-state index is 0.0402. The quantitative estimate of drug-likeness (QED) is 0.797. The van der Waals surface area contributed by atoms with Gasteiger partial charge in [-0.3, -0.25) is 4.90 Å². The van der Waals surface area contributed by atoms with Gasteiger partial charge in [-0.2, -0.15) is 0 Å². The maximum absolute atomic E-state index is 12.0. The van der Waals surface area contributed by atoms with E-state index < -0.39 is 0 Å². The van der Waals surface area contributed by atoms with Gasteiger partial charge in [0.25, 0.3) is 0 Å². The van der Waals surface area contributed by atoms with Crippen LogP contribution in [-0.4, -0.2) is 64.6 Å². The van der Waals surface area contributed by atoms with Gasteiger partial charge in [-0.15, -0.1) is 10.2 Å². The number of urea groups is 1. The summed E-state index contributed by atoms with van der Waals surface area (Å²) in [7, 11) is 1.85. The molecule has 0 spiro atoms. The van der Waals surface area contributed by atoms with Crippen molar-refractivity contribution in [2.75, 3.05) is 32.8 Å². The molecule has 2 rings (SSSR count). The van der Waals surface area contributed by atoms with E-state index >= 15 is 0 Å². The van der Waals surface area contributed by atoms with Gasteiger partial charge in [-0.05, 0) is 12.8 Å². The van der Waals surface area contributed by atoms with Gasteiger partial charge < -0.3 is 19.9 Å². The molecular weight excluding hydrogens is 296 g/mol. The van der Waals surface area contributed by atoms with Crippen LogP contribution in [0, 0.1) is 5.92 Å². The van der Waals surface area contributed by atoms with E-state index in [4.69, 9.17) is 4.74 Å². The van der Waals surface area contributed by atoms with Crippen molar-refractivity contribution in [3.63, 3.8) is 0 Å². The monoisotopic (exact) mass is 324 g/mol. The van der Waals surface area contributed by atoms with Crippen molar-refractivity contribution in [3.8, 4) is 0 Å². The second-order valence-electron chi connectivity index (χ2n) is 6.52. The molecule has 2 atom stereocenters. The SMILES string of the molecule is CC(C)CN1CCO[C@H](CNC(=O)N[C@@H](C)c2nncn2C)C1. The number of aromatic nitrogens is 3. The lowest BCUT2D eigenvalue weighted by Crippen LogP contribution is -2.50. The minimum Gasteiger partial charge on any atom is -0.374 e. The standard InChI is InChI=1S/C15H28N6O2/c1-11(2)8-21-5-6-23-13(9-21)7-16-15(22)18-12(3)14-19-17-10-20(14)4/h10-13H,5-9H2,1-4H3,(H2,16,18,22)/t12-,13+/m0/s1. The lowest BCUT2D eigenvalue weighted by atomic mass is 10.2. The van der Waals surface area contributed by atoms with E-state index in [0.717, 1.165) is 32.1 Å². The van der Waals surface area contributed by atoms with Gasteiger partial charge in [0, 0.05) is 33.2 Å². The van der Waals surface area contributed by atoms with Crippen molar-refractivity contribution < 1.29 is 9.53 Å². The van der Waals surface area contributed by atoms with Crippen LogP contribution in [0.15, 0.2) is 6.33 Å². The minimum atomic E-state index is -0.218. The number of rotatable bonds is 6. The van der Waals surface area contributed by atoms with Crippen molar-refractivity contribution in [3.05, 3.63) is 12.2 Å². The molecule has 130 valence electrons. The Balaban J connectivity index is 1.72. The van der Waals surface area contributed by atoms with Crippen molar-refractivity contribution in [1.29, 1.82) is 0 Å². The number of nitrogens with one attached hydrogen (secondary N) is 2. The third-order valence-corrected chi connectivity index (χ3v) is 3.82. The smallest absolute Gasteiger partial charge is 0.315 e. The van der Waals surface area contributed by atoms with Crippen LogP contribution in [0.1, 0.15) is 32.6 Å². The summed E-state index contributed by atoms with van der Waals surface area (Å²) in [4.78, 5) is 14.4. The zero-order valence-electron chi connectivity index (χ0n) is 14.5. The topological polar surface area (TPSA) is 84.3 Å². The summed E-state index contributed by atoms with van der Waals surface area (Å²) < 4.78 is 7.52. The van der Waals surface area contributed by atoms with Crippen LogP contribution < -0.4 is 10.6 Å². The zero-order chi connectivity index (χ0) is 16.8. The first kappa shape index (κ1) is 17.7. The second kappa shape index (κ2) is 8.26. The summed E-state index contributed by atoms with van der Waals surface area (Å²) in [6.07, 6.45) is 1.66. The maximum atomic E-state index is 12.0. The average Bonchev–Trinajstić information content (AvgIpc) is 2.91. The molecule has 8 nitrogen and oxygen atoms in total. The first-order valence-corrected chi connectivity index (χ1v) is 8.18. The lowest BCUT2D eigenvalue weighted by molar-refractivity contribution is -0.0290. The molecule has 0 unspecified atom stereocenters. The fourth-order valence-electron chi connectivity index (χ4n) is 2.79. The van der Waals surface area contributed by atoms with Gasteiger partial charge in [0.2, 0.25) is 0 Å². The molecule has 1 aromatic heterocycles. The predicted molar refractivity (Wildman–Crippen MR) is 87.0 cm³/mol. The summed E-state index contributed by atoms with van der Waals surface area (Å²) in [5.74, 6) is 1.36. The molecule has 1 saturated heterocycles. The van der Waals surface area contributed by atoms with E-state index in [2.05, 4.69) is 39.6 Å². The van der Waals surface area contributed by atoms with E-state index in [1.165, 1.54) is 0 Å². The Kier molecular flexibility index (Phi) is 6.35. The molecule has 2 N–H and O–H groups in total. The number of hydrogen-bond acceptors (Lipinski definition) is 5. The van der Waals surface area contributed by atoms with Crippen LogP contribution in [0.25, 0.3) is 0 Å². The average molecular weight is 324 g/mol. The first-order chi connectivity index (χ1) is 11.0. The molecule has 0 aliphatic carbocycles. The van der Waals surface area contributed by atoms with Crippen molar-refractivity contribution in [1.82, 2.24) is 30.3 Å². The van der Waals surface area contributed by atoms with Crippen molar-refractivity contribution >= 4 is 6.03 Å². The third kappa shape index (κ3) is 5.47. The molecule has 1 aliphatic rings. The summed E-state index contributed by atoms with van der Waals surface area (Å²) in [5, 5.41) is 13.6. The highest BCUT2D eigenvalue weighted by Gasteiger charge is 2.22. The Morgan fingerprint density at radius 1 is 1.48 bits per heavy atom. The van der Waals surface area contributed by atoms with Crippen LogP contribution >= 0.6 is 0 Å². The molecule has 23 heavy (non-hydrogen) atoms. The second-order valence-corrected chi connectivity index (χ2v) is 6.52. The molecule has 0 saturated carbocycles. The summed E-state index contributed by atoms with van der Waals surface area (Å²) in [6.45, 7) is 10.4. The van der Waals surface area contributed by atoms with E-state index in [-0.39, 0.29) is 18.2 Å². The Morgan fingerprint density at radius 3 is 2.91 bits per heavy atom. The van der Waals surface area contributed by atoms with Crippen LogP contribution in [0.4, 0.5) is 4.79 Å². The van der Waals surface area contributed by atoms with Gasteiger partial charge in [0.05, 0.1) is 18.8 Å². The Morgan fingerprint density at radius 2 is 2.26 bits per heavy atom. The zero-order valence-corrected chi connectivity index (χ0v) is 14.5. The molecule has 0 bridgehead atoms. The molecule has 1 fully saturated rings. The third-order valence-electron chi connectivity index (χ3n) is 3.82. The van der Waals surface area contributed by atoms with E-state index in [9.17, 15) is 4.79 Å². The predicted octanol–water partition coefficient (Wildman–Crippen LogP) is 0.532. The summed E-state index contributed by atoms with van der Waals surface area (Å²) in [6, 6.07) is -0.419. The van der Waals surface area contributed by atoms with Gasteiger partial charge >= 0.3 is 6.03 Å². The van der Waals surface area contributed by atoms with Crippen LogP contribution in [0.3, 0.4) is 0 Å². The largest absolute Gasteiger partial charge is 0.374 e. The molecular formula is C15H28N6O2. The number of nitrogens with zero attached hydrogens (tertiary/aromatic N) is 4. The molecule has 1 aliphatic heterocycles. The number of amides is 2. The van der Waals surface area contributed by atoms with Gasteiger partial charge in [0.1, 0.15) is 6.33 Å². The highest BCUT2D eigenvalue weighted by atomic mass is 16.5. The van der Waals surface area contributed by atoms with E-state index in [0.29, 0.717) is 12.5 Å². The van der Waals surface area contributed by atoms with Crippen LogP contribution in [0.5, 0.6) is 0 Å². The maximum Gasteiger partial charge on any atom is 0.315 e. The number of morpholine rings is 1. The highest BCUT2D eigenvalue weighted by molar-refractivity contribution is 5.74. The normalized spacial score (nSPS) is 20.5. The lowest BCUT2D eigenvalue weighted by Gasteiger charge is -2.34. The number of aryl methyl sites for hydroxylation is 1. The molecule has 1 aromatic rings. The Labute approximate surface area is 137 Å². The Bertz CT molecular complexity index is 504. The van der Waals surface area contributed by atoms with Gasteiger partial charge in [-0.1, -0.05) is 13.8 Å². The van der Waals surface area contributed by atoms with E-state index in [1.54, 1.807) is 10.9 Å². The molecule has 2 heterocycles. The number of carbonyl (C=O) groups excluding carboxylic acids is 1. The highest BCUT2D eigenvalue weighted by Crippen LogP contribution is 2.08. The molecule has 2 amide bonds. The van der Waals surface area contributed by atoms with Crippen molar-refractivity contribution in [2.24, 2.45) is 13.0 Å². The first-order valence-electron chi connectivity index (χ1n) is 8.18. The molecule has 0 radical (unpaired) electrons. The van der Waals surface area contributed by atoms with Crippen molar-refractivity contribution in [2.45, 2.75) is 32.9 Å². The molecule has 0 aromatic carbocycles. The fraction of sp³-hybridized carbons (Fsp3) is 0.800. The van der Waals surface area contributed by atoms with Crippen LogP contribution in [-0.2, 0) is 11.8 Å². The molecule has 8 heteroatoms. The number of carbonyl (C=O) groups is 1. The van der Waals surface area contributed by atoms with Gasteiger partial charge in [0.15, 0.2) is 5.82 Å². The summed E-state index contributed by atoms with van der Waals surface area (Å²) >= 11 is 0. The van der Waals surface area contributed by atoms with Crippen LogP contribution in [0.2, 0.25) is 0 Å². The number of ether oxygens (including phenoxy) is 1. The fourth-order valence-corrected chi connectivity index (χ4v) is 2.79. The van der Waals surface area contributed by atoms with Gasteiger partial charge in [-0.25, -0.2) is 4.79 Å². The Hall–Kier alpha value is -1.67. The van der Waals surface area contributed by atoms with E-state index in [1.807, 2.05) is 14.0 Å².